The van der Waals surface area contributed by atoms with Gasteiger partial charge in [0.25, 0.3) is 0 Å². The molecule has 2 nitrogen and oxygen atoms in total. The van der Waals surface area contributed by atoms with Gasteiger partial charge in [0.05, 0.1) is 14.9 Å². The summed E-state index contributed by atoms with van der Waals surface area (Å²) in [5.41, 5.74) is 7.60. The van der Waals surface area contributed by atoms with Crippen LogP contribution in [0.4, 0.5) is 5.69 Å². The summed E-state index contributed by atoms with van der Waals surface area (Å²) in [7, 11) is 0. The molecule has 0 aliphatic rings. The summed E-state index contributed by atoms with van der Waals surface area (Å²) in [5, 5.41) is 8.96. The Morgan fingerprint density at radius 3 is 2.69 bits per heavy atom. The van der Waals surface area contributed by atoms with Gasteiger partial charge in [0.2, 0.25) is 0 Å². The molecule has 2 aromatic heterocycles. The predicted molar refractivity (Wildman–Crippen MR) is 71.1 cm³/mol. The van der Waals surface area contributed by atoms with Crippen molar-refractivity contribution in [3.63, 3.8) is 0 Å². The summed E-state index contributed by atoms with van der Waals surface area (Å²) < 4.78 is 0.752. The van der Waals surface area contributed by atoms with Gasteiger partial charge in [-0.1, -0.05) is 18.5 Å². The van der Waals surface area contributed by atoms with Crippen LogP contribution in [0.5, 0.6) is 0 Å². The number of anilines is 1. The molecule has 82 valence electrons. The van der Waals surface area contributed by atoms with Gasteiger partial charge in [0.1, 0.15) is 10.9 Å². The molecule has 0 spiro atoms. The molecule has 0 saturated carbocycles. The van der Waals surface area contributed by atoms with Crippen molar-refractivity contribution < 1.29 is 0 Å². The van der Waals surface area contributed by atoms with Gasteiger partial charge >= 0.3 is 0 Å². The number of hydrogen-bond acceptors (Lipinski definition) is 4. The van der Waals surface area contributed by atoms with Gasteiger partial charge in [-0.15, -0.1) is 22.7 Å². The van der Waals surface area contributed by atoms with Crippen molar-refractivity contribution in [1.29, 1.82) is 5.26 Å². The summed E-state index contributed by atoms with van der Waals surface area (Å²) >= 11 is 8.87. The number of nitrogens with two attached hydrogens (primary N) is 1. The second-order valence-corrected chi connectivity index (χ2v) is 5.96. The number of nitrogens with zero attached hydrogens (tertiary/aromatic N) is 1. The van der Waals surface area contributed by atoms with Crippen molar-refractivity contribution in [2.45, 2.75) is 13.3 Å². The number of thiophene rings is 2. The van der Waals surface area contributed by atoms with Crippen LogP contribution in [0, 0.1) is 11.3 Å². The van der Waals surface area contributed by atoms with Crippen LogP contribution in [0.1, 0.15) is 17.4 Å². The molecule has 0 unspecified atom stereocenters. The zero-order chi connectivity index (χ0) is 11.7. The third-order valence-electron chi connectivity index (χ3n) is 2.30. The summed E-state index contributed by atoms with van der Waals surface area (Å²) in [6, 6.07) is 5.97. The molecule has 2 aromatic rings. The van der Waals surface area contributed by atoms with Crippen LogP contribution < -0.4 is 5.73 Å². The van der Waals surface area contributed by atoms with Gasteiger partial charge in [0.15, 0.2) is 0 Å². The molecule has 0 saturated heterocycles. The third kappa shape index (κ3) is 1.82. The lowest BCUT2D eigenvalue weighted by Gasteiger charge is -1.98. The summed E-state index contributed by atoms with van der Waals surface area (Å²) in [4.78, 5) is 2.75. The fraction of sp³-hybridized carbons (Fsp3) is 0.182. The lowest BCUT2D eigenvalue weighted by atomic mass is 10.1. The first-order valence-corrected chi connectivity index (χ1v) is 6.75. The molecule has 0 fully saturated rings. The normalized spacial score (nSPS) is 10.3. The van der Waals surface area contributed by atoms with E-state index < -0.39 is 0 Å². The number of nitriles is 1. The van der Waals surface area contributed by atoms with E-state index in [2.05, 4.69) is 6.07 Å². The van der Waals surface area contributed by atoms with Crippen molar-refractivity contribution in [1.82, 2.24) is 0 Å². The number of hydrogen-bond donors (Lipinski definition) is 1. The molecular weight excluding hydrogens is 260 g/mol. The van der Waals surface area contributed by atoms with Crippen LogP contribution in [-0.2, 0) is 6.42 Å². The molecule has 16 heavy (non-hydrogen) atoms. The maximum Gasteiger partial charge on any atom is 0.128 e. The van der Waals surface area contributed by atoms with Gasteiger partial charge in [0, 0.05) is 4.88 Å². The Balaban J connectivity index is 2.61. The molecule has 2 heterocycles. The first-order valence-electron chi connectivity index (χ1n) is 4.74. The summed E-state index contributed by atoms with van der Waals surface area (Å²) in [6.07, 6.45) is 0.828. The topological polar surface area (TPSA) is 49.8 Å². The van der Waals surface area contributed by atoms with E-state index in [0.717, 1.165) is 26.1 Å². The highest BCUT2D eigenvalue weighted by Gasteiger charge is 2.16. The van der Waals surface area contributed by atoms with Gasteiger partial charge in [-0.3, -0.25) is 0 Å². The molecule has 0 aromatic carbocycles. The first kappa shape index (κ1) is 11.5. The molecular formula is C11H9ClN2S2. The lowest BCUT2D eigenvalue weighted by molar-refractivity contribution is 1.16. The van der Waals surface area contributed by atoms with Crippen LogP contribution in [-0.4, -0.2) is 0 Å². The Bertz CT molecular complexity index is 563. The van der Waals surface area contributed by atoms with Gasteiger partial charge in [-0.25, -0.2) is 0 Å². The Kier molecular flexibility index (Phi) is 3.20. The Morgan fingerprint density at radius 1 is 1.44 bits per heavy atom. The molecule has 0 aliphatic carbocycles. The van der Waals surface area contributed by atoms with Crippen molar-refractivity contribution in [2.75, 3.05) is 5.73 Å². The number of nitrogen functional groups attached to an aromatic ring is 1. The number of rotatable bonds is 2. The van der Waals surface area contributed by atoms with Gasteiger partial charge in [-0.05, 0) is 24.1 Å². The zero-order valence-electron chi connectivity index (χ0n) is 8.58. The molecule has 5 heteroatoms. The maximum atomic E-state index is 8.96. The lowest BCUT2D eigenvalue weighted by Crippen LogP contribution is -1.90. The zero-order valence-corrected chi connectivity index (χ0v) is 11.0. The molecule has 2 rings (SSSR count). The second-order valence-electron chi connectivity index (χ2n) is 3.22. The Hall–Kier alpha value is -1.02. The molecule has 0 bridgehead atoms. The van der Waals surface area contributed by atoms with Crippen molar-refractivity contribution in [2.24, 2.45) is 0 Å². The largest absolute Gasteiger partial charge is 0.397 e. The minimum absolute atomic E-state index is 0.594. The Morgan fingerprint density at radius 2 is 2.19 bits per heavy atom. The van der Waals surface area contributed by atoms with Crippen LogP contribution in [0.3, 0.4) is 0 Å². The third-order valence-corrected chi connectivity index (χ3v) is 4.86. The first-order chi connectivity index (χ1) is 7.67. The van der Waals surface area contributed by atoms with Crippen LogP contribution in [0.25, 0.3) is 9.75 Å². The van der Waals surface area contributed by atoms with E-state index in [0.29, 0.717) is 10.6 Å². The molecule has 0 aliphatic heterocycles. The highest BCUT2D eigenvalue weighted by Crippen LogP contribution is 2.42. The molecule has 0 amide bonds. The average molecular weight is 269 g/mol. The maximum absolute atomic E-state index is 8.96. The van der Waals surface area contributed by atoms with E-state index in [1.54, 1.807) is 0 Å². The van der Waals surface area contributed by atoms with E-state index in [4.69, 9.17) is 22.6 Å². The smallest absolute Gasteiger partial charge is 0.128 e. The Labute approximate surface area is 107 Å². The van der Waals surface area contributed by atoms with Crippen LogP contribution in [0.2, 0.25) is 4.34 Å². The minimum Gasteiger partial charge on any atom is -0.397 e. The second kappa shape index (κ2) is 4.46. The summed E-state index contributed by atoms with van der Waals surface area (Å²) in [5.74, 6) is 0. The average Bonchev–Trinajstić information content (AvgIpc) is 2.82. The fourth-order valence-corrected chi connectivity index (χ4v) is 3.84. The van der Waals surface area contributed by atoms with E-state index >= 15 is 0 Å². The standard InChI is InChI=1S/C11H9ClN2S2/c1-2-6-10(14)8(5-13)16-11(6)7-3-4-9(12)15-7/h3-4H,2,14H2,1H3. The van der Waals surface area contributed by atoms with Crippen LogP contribution >= 0.6 is 34.3 Å². The SMILES string of the molecule is CCc1c(-c2ccc(Cl)s2)sc(C#N)c1N. The summed E-state index contributed by atoms with van der Waals surface area (Å²) in [6.45, 7) is 2.04. The van der Waals surface area contributed by atoms with Crippen LogP contribution in [0.15, 0.2) is 12.1 Å². The quantitative estimate of drug-likeness (QED) is 0.890. The molecule has 0 atom stereocenters. The van der Waals surface area contributed by atoms with Crippen molar-refractivity contribution in [3.8, 4) is 15.8 Å². The molecule has 2 N–H and O–H groups in total. The van der Waals surface area contributed by atoms with Gasteiger partial charge < -0.3 is 5.73 Å². The van der Waals surface area contributed by atoms with E-state index in [-0.39, 0.29) is 0 Å². The highest BCUT2D eigenvalue weighted by atomic mass is 35.5. The van der Waals surface area contributed by atoms with E-state index in [1.807, 2.05) is 19.1 Å². The van der Waals surface area contributed by atoms with E-state index in [1.165, 1.54) is 22.7 Å². The van der Waals surface area contributed by atoms with Gasteiger partial charge in [-0.2, -0.15) is 5.26 Å². The molecule has 0 radical (unpaired) electrons. The fourth-order valence-electron chi connectivity index (χ4n) is 1.55. The highest BCUT2D eigenvalue weighted by molar-refractivity contribution is 7.24. The predicted octanol–water partition coefficient (Wildman–Crippen LogP) is 4.15. The van der Waals surface area contributed by atoms with Crippen molar-refractivity contribution >= 4 is 40.0 Å². The number of halogens is 1. The minimum atomic E-state index is 0.594. The van der Waals surface area contributed by atoms with E-state index in [9.17, 15) is 0 Å². The monoisotopic (exact) mass is 268 g/mol. The van der Waals surface area contributed by atoms with Crippen molar-refractivity contribution in [3.05, 3.63) is 26.9 Å².